The Morgan fingerprint density at radius 3 is 1.50 bits per heavy atom. The summed E-state index contributed by atoms with van der Waals surface area (Å²) in [5, 5.41) is 5.53. The van der Waals surface area contributed by atoms with Crippen LogP contribution in [0.15, 0.2) is 25.3 Å². The standard InChI is InChI=1S/C17H28N2O5/c1-3-15(20)23-13-9-5-7-11-18-17(22)19-12-8-6-10-14-24-16(21)4-2/h3-4H,1-2,5-14H2,(H2,18,19,22). The minimum absolute atomic E-state index is 0.189. The lowest BCUT2D eigenvalue weighted by molar-refractivity contribution is -0.138. The van der Waals surface area contributed by atoms with E-state index in [0.29, 0.717) is 26.3 Å². The molecule has 2 amide bonds. The van der Waals surface area contributed by atoms with Crippen molar-refractivity contribution in [3.8, 4) is 0 Å². The first-order valence-electron chi connectivity index (χ1n) is 8.20. The number of nitrogens with one attached hydrogen (secondary N) is 2. The Balaban J connectivity index is 3.29. The Morgan fingerprint density at radius 2 is 1.12 bits per heavy atom. The van der Waals surface area contributed by atoms with E-state index in [-0.39, 0.29) is 6.03 Å². The zero-order valence-electron chi connectivity index (χ0n) is 14.2. The Labute approximate surface area is 143 Å². The van der Waals surface area contributed by atoms with Crippen LogP contribution in [0.5, 0.6) is 0 Å². The van der Waals surface area contributed by atoms with Crippen LogP contribution in [0.1, 0.15) is 38.5 Å². The van der Waals surface area contributed by atoms with Crippen molar-refractivity contribution in [3.05, 3.63) is 25.3 Å². The number of carbonyl (C=O) groups excluding carboxylic acids is 3. The number of carbonyl (C=O) groups is 3. The van der Waals surface area contributed by atoms with Crippen molar-refractivity contribution in [3.63, 3.8) is 0 Å². The van der Waals surface area contributed by atoms with Gasteiger partial charge >= 0.3 is 18.0 Å². The molecule has 0 unspecified atom stereocenters. The lowest BCUT2D eigenvalue weighted by Crippen LogP contribution is -2.36. The van der Waals surface area contributed by atoms with Gasteiger partial charge in [-0.2, -0.15) is 0 Å². The summed E-state index contributed by atoms with van der Waals surface area (Å²) in [5.41, 5.74) is 0. The van der Waals surface area contributed by atoms with Crippen molar-refractivity contribution in [2.24, 2.45) is 0 Å². The molecule has 7 nitrogen and oxygen atoms in total. The molecule has 7 heteroatoms. The number of esters is 2. The van der Waals surface area contributed by atoms with Gasteiger partial charge in [-0.25, -0.2) is 14.4 Å². The van der Waals surface area contributed by atoms with Gasteiger partial charge in [-0.05, 0) is 38.5 Å². The summed E-state index contributed by atoms with van der Waals surface area (Å²) in [7, 11) is 0. The summed E-state index contributed by atoms with van der Waals surface area (Å²) in [6.07, 6.45) is 7.20. The Hall–Kier alpha value is -2.31. The fraction of sp³-hybridized carbons (Fsp3) is 0.588. The van der Waals surface area contributed by atoms with Crippen LogP contribution in [-0.4, -0.2) is 44.3 Å². The number of amides is 2. The highest BCUT2D eigenvalue weighted by atomic mass is 16.5. The van der Waals surface area contributed by atoms with Gasteiger partial charge in [0.25, 0.3) is 0 Å². The molecule has 0 heterocycles. The highest BCUT2D eigenvalue weighted by molar-refractivity contribution is 5.81. The average molecular weight is 340 g/mol. The SMILES string of the molecule is C=CC(=O)OCCCCCNC(=O)NCCCCCOC(=O)C=C. The van der Waals surface area contributed by atoms with E-state index in [1.54, 1.807) is 0 Å². The first-order valence-corrected chi connectivity index (χ1v) is 8.20. The second-order valence-corrected chi connectivity index (χ2v) is 5.05. The number of rotatable bonds is 14. The van der Waals surface area contributed by atoms with Crippen LogP contribution >= 0.6 is 0 Å². The average Bonchev–Trinajstić information content (AvgIpc) is 2.59. The van der Waals surface area contributed by atoms with Gasteiger partial charge in [0.05, 0.1) is 13.2 Å². The van der Waals surface area contributed by atoms with Gasteiger partial charge in [0, 0.05) is 25.2 Å². The molecule has 136 valence electrons. The molecule has 0 aliphatic carbocycles. The van der Waals surface area contributed by atoms with Crippen LogP contribution < -0.4 is 10.6 Å². The van der Waals surface area contributed by atoms with E-state index in [4.69, 9.17) is 9.47 Å². The van der Waals surface area contributed by atoms with Gasteiger partial charge < -0.3 is 20.1 Å². The first kappa shape index (κ1) is 21.7. The minimum atomic E-state index is -0.411. The number of hydrogen-bond acceptors (Lipinski definition) is 5. The van der Waals surface area contributed by atoms with Crippen molar-refractivity contribution in [2.45, 2.75) is 38.5 Å². The number of hydrogen-bond donors (Lipinski definition) is 2. The van der Waals surface area contributed by atoms with Gasteiger partial charge in [0.2, 0.25) is 0 Å². The number of ether oxygens (including phenoxy) is 2. The third kappa shape index (κ3) is 14.6. The molecule has 0 aliphatic rings. The third-order valence-electron chi connectivity index (χ3n) is 3.04. The highest BCUT2D eigenvalue weighted by Crippen LogP contribution is 1.96. The van der Waals surface area contributed by atoms with Crippen LogP contribution in [0, 0.1) is 0 Å². The molecule has 0 aromatic rings. The van der Waals surface area contributed by atoms with Gasteiger partial charge in [0.15, 0.2) is 0 Å². The molecular weight excluding hydrogens is 312 g/mol. The Morgan fingerprint density at radius 1 is 0.708 bits per heavy atom. The van der Waals surface area contributed by atoms with Gasteiger partial charge in [-0.1, -0.05) is 13.2 Å². The first-order chi connectivity index (χ1) is 11.6. The van der Waals surface area contributed by atoms with E-state index in [2.05, 4.69) is 23.8 Å². The van der Waals surface area contributed by atoms with Crippen molar-refractivity contribution in [1.29, 1.82) is 0 Å². The fourth-order valence-electron chi connectivity index (χ4n) is 1.74. The molecule has 0 spiro atoms. The van der Waals surface area contributed by atoms with Crippen molar-refractivity contribution in [2.75, 3.05) is 26.3 Å². The van der Waals surface area contributed by atoms with Gasteiger partial charge in [0.1, 0.15) is 0 Å². The predicted octanol–water partition coefficient (Wildman–Crippen LogP) is 2.08. The number of unbranched alkanes of at least 4 members (excludes halogenated alkanes) is 4. The Kier molecular flexibility index (Phi) is 14.1. The summed E-state index contributed by atoms with van der Waals surface area (Å²) in [6.45, 7) is 8.54. The lowest BCUT2D eigenvalue weighted by Gasteiger charge is -2.08. The second-order valence-electron chi connectivity index (χ2n) is 5.05. The van der Waals surface area contributed by atoms with E-state index in [1.165, 1.54) is 0 Å². The quantitative estimate of drug-likeness (QED) is 0.287. The van der Waals surface area contributed by atoms with Crippen molar-refractivity contribution in [1.82, 2.24) is 10.6 Å². The van der Waals surface area contributed by atoms with Crippen LogP contribution in [0.4, 0.5) is 4.79 Å². The molecule has 0 bridgehead atoms. The fourth-order valence-corrected chi connectivity index (χ4v) is 1.74. The zero-order chi connectivity index (χ0) is 18.0. The molecule has 0 rings (SSSR count). The molecular formula is C17H28N2O5. The van der Waals surface area contributed by atoms with Crippen molar-refractivity contribution >= 4 is 18.0 Å². The van der Waals surface area contributed by atoms with Crippen molar-refractivity contribution < 1.29 is 23.9 Å². The molecule has 0 aromatic heterocycles. The van der Waals surface area contributed by atoms with Crippen LogP contribution in [0.2, 0.25) is 0 Å². The molecule has 0 atom stereocenters. The predicted molar refractivity (Wildman–Crippen MR) is 91.4 cm³/mol. The van der Waals surface area contributed by atoms with E-state index in [9.17, 15) is 14.4 Å². The zero-order valence-corrected chi connectivity index (χ0v) is 14.2. The largest absolute Gasteiger partial charge is 0.463 e. The van der Waals surface area contributed by atoms with Gasteiger partial charge in [-0.15, -0.1) is 0 Å². The summed E-state index contributed by atoms with van der Waals surface area (Å²) in [5.74, 6) is -0.822. The second kappa shape index (κ2) is 15.6. The topological polar surface area (TPSA) is 93.7 Å². The Bertz CT molecular complexity index is 374. The monoisotopic (exact) mass is 340 g/mol. The van der Waals surface area contributed by atoms with Gasteiger partial charge in [-0.3, -0.25) is 0 Å². The molecule has 2 N–H and O–H groups in total. The van der Waals surface area contributed by atoms with Crippen LogP contribution in [0.3, 0.4) is 0 Å². The summed E-state index contributed by atoms with van der Waals surface area (Å²) in [4.78, 5) is 33.1. The molecule has 0 aromatic carbocycles. The van der Waals surface area contributed by atoms with E-state index in [0.717, 1.165) is 50.7 Å². The molecule has 0 saturated carbocycles. The molecule has 0 aliphatic heterocycles. The van der Waals surface area contributed by atoms with E-state index >= 15 is 0 Å². The van der Waals surface area contributed by atoms with E-state index in [1.807, 2.05) is 0 Å². The molecule has 0 fully saturated rings. The maximum Gasteiger partial charge on any atom is 0.330 e. The van der Waals surface area contributed by atoms with E-state index < -0.39 is 11.9 Å². The molecule has 0 saturated heterocycles. The number of urea groups is 1. The summed E-state index contributed by atoms with van der Waals surface area (Å²) in [6, 6.07) is -0.189. The van der Waals surface area contributed by atoms with Crippen LogP contribution in [-0.2, 0) is 19.1 Å². The third-order valence-corrected chi connectivity index (χ3v) is 3.04. The van der Waals surface area contributed by atoms with Crippen LogP contribution in [0.25, 0.3) is 0 Å². The maximum absolute atomic E-state index is 11.5. The normalized spacial score (nSPS) is 9.67. The smallest absolute Gasteiger partial charge is 0.330 e. The molecule has 0 radical (unpaired) electrons. The summed E-state index contributed by atoms with van der Waals surface area (Å²) >= 11 is 0. The summed E-state index contributed by atoms with van der Waals surface area (Å²) < 4.78 is 9.69. The molecule has 24 heavy (non-hydrogen) atoms. The maximum atomic E-state index is 11.5. The highest BCUT2D eigenvalue weighted by Gasteiger charge is 2.00. The minimum Gasteiger partial charge on any atom is -0.463 e. The lowest BCUT2D eigenvalue weighted by atomic mass is 10.2.